The molecule has 2 saturated heterocycles. The van der Waals surface area contributed by atoms with Crippen molar-refractivity contribution in [1.82, 2.24) is 4.90 Å². The molecule has 0 aromatic heterocycles. The molecule has 1 unspecified atom stereocenters. The Labute approximate surface area is 93.0 Å². The van der Waals surface area contributed by atoms with Crippen molar-refractivity contribution in [2.75, 3.05) is 6.54 Å². The highest BCUT2D eigenvalue weighted by atomic mass is 16.2. The Hall–Kier alpha value is -0.530. The summed E-state index contributed by atoms with van der Waals surface area (Å²) in [5.74, 6) is 1.09. The highest BCUT2D eigenvalue weighted by Crippen LogP contribution is 2.38. The number of nitrogens with zero attached hydrogens (tertiary/aromatic N) is 1. The lowest BCUT2D eigenvalue weighted by molar-refractivity contribution is -0.140. The van der Waals surface area contributed by atoms with Crippen LogP contribution < -0.4 is 0 Å². The molecule has 0 spiro atoms. The molecule has 2 heterocycles. The largest absolute Gasteiger partial charge is 0.339 e. The van der Waals surface area contributed by atoms with Gasteiger partial charge in [-0.15, -0.1) is 0 Å². The van der Waals surface area contributed by atoms with Gasteiger partial charge in [-0.05, 0) is 37.0 Å². The van der Waals surface area contributed by atoms with Crippen LogP contribution in [0.2, 0.25) is 0 Å². The van der Waals surface area contributed by atoms with Crippen LogP contribution in [0.25, 0.3) is 0 Å². The van der Waals surface area contributed by atoms with E-state index in [1.165, 1.54) is 19.3 Å². The van der Waals surface area contributed by atoms with Gasteiger partial charge in [0.15, 0.2) is 0 Å². The van der Waals surface area contributed by atoms with Crippen molar-refractivity contribution in [3.8, 4) is 0 Å². The first-order valence-electron chi connectivity index (χ1n) is 6.28. The molecule has 15 heavy (non-hydrogen) atoms. The van der Waals surface area contributed by atoms with E-state index in [1.807, 2.05) is 0 Å². The number of amides is 1. The Morgan fingerprint density at radius 2 is 1.93 bits per heavy atom. The maximum absolute atomic E-state index is 11.8. The number of carbonyl (C=O) groups is 1. The fourth-order valence-electron chi connectivity index (χ4n) is 2.97. The Bertz CT molecular complexity index is 254. The maximum atomic E-state index is 11.8. The Morgan fingerprint density at radius 3 is 2.60 bits per heavy atom. The normalized spacial score (nSPS) is 32.7. The standard InChI is InChI=1S/C13H23NO/c1-13(2,3)10-7-8-11-5-4-6-12(15)14(11)9-10/h10-11H,4-9H2,1-3H3/t10?,11-/m1/s1. The van der Waals surface area contributed by atoms with Crippen LogP contribution in [0.3, 0.4) is 0 Å². The number of piperidine rings is 2. The minimum Gasteiger partial charge on any atom is -0.339 e. The molecule has 2 heteroatoms. The second-order valence-corrected chi connectivity index (χ2v) is 6.23. The van der Waals surface area contributed by atoms with E-state index in [-0.39, 0.29) is 0 Å². The first kappa shape index (κ1) is 11.0. The number of rotatable bonds is 0. The lowest BCUT2D eigenvalue weighted by atomic mass is 9.74. The zero-order chi connectivity index (χ0) is 11.1. The van der Waals surface area contributed by atoms with Gasteiger partial charge in [0.25, 0.3) is 0 Å². The molecule has 0 N–H and O–H groups in total. The van der Waals surface area contributed by atoms with E-state index in [9.17, 15) is 4.79 Å². The quantitative estimate of drug-likeness (QED) is 0.601. The van der Waals surface area contributed by atoms with Gasteiger partial charge in [-0.25, -0.2) is 0 Å². The van der Waals surface area contributed by atoms with E-state index in [0.29, 0.717) is 23.3 Å². The van der Waals surface area contributed by atoms with Gasteiger partial charge in [0.1, 0.15) is 0 Å². The van der Waals surface area contributed by atoms with E-state index in [1.54, 1.807) is 0 Å². The lowest BCUT2D eigenvalue weighted by Gasteiger charge is -2.46. The molecule has 2 atom stereocenters. The van der Waals surface area contributed by atoms with Crippen LogP contribution in [0.1, 0.15) is 52.9 Å². The maximum Gasteiger partial charge on any atom is 0.222 e. The van der Waals surface area contributed by atoms with Gasteiger partial charge in [0, 0.05) is 19.0 Å². The highest BCUT2D eigenvalue weighted by Gasteiger charge is 2.37. The minimum absolute atomic E-state index is 0.350. The zero-order valence-electron chi connectivity index (χ0n) is 10.3. The molecule has 2 aliphatic rings. The summed E-state index contributed by atoms with van der Waals surface area (Å²) < 4.78 is 0. The Balaban J connectivity index is 2.05. The third-order valence-corrected chi connectivity index (χ3v) is 4.18. The van der Waals surface area contributed by atoms with Crippen molar-refractivity contribution >= 4 is 5.91 Å². The second kappa shape index (κ2) is 3.80. The van der Waals surface area contributed by atoms with Gasteiger partial charge in [-0.3, -0.25) is 4.79 Å². The van der Waals surface area contributed by atoms with E-state index in [0.717, 1.165) is 19.4 Å². The monoisotopic (exact) mass is 209 g/mol. The fraction of sp³-hybridized carbons (Fsp3) is 0.923. The third kappa shape index (κ3) is 2.19. The summed E-state index contributed by atoms with van der Waals surface area (Å²) in [6.07, 6.45) is 5.67. The molecular formula is C13H23NO. The number of hydrogen-bond acceptors (Lipinski definition) is 1. The van der Waals surface area contributed by atoms with Crippen molar-refractivity contribution in [2.45, 2.75) is 58.9 Å². The van der Waals surface area contributed by atoms with Crippen molar-refractivity contribution in [3.63, 3.8) is 0 Å². The van der Waals surface area contributed by atoms with Crippen LogP contribution in [0.4, 0.5) is 0 Å². The Kier molecular flexibility index (Phi) is 2.78. The summed E-state index contributed by atoms with van der Waals surface area (Å²) in [6.45, 7) is 7.90. The molecule has 0 aromatic carbocycles. The molecule has 86 valence electrons. The summed E-state index contributed by atoms with van der Waals surface area (Å²) in [4.78, 5) is 14.0. The fourth-order valence-corrected chi connectivity index (χ4v) is 2.97. The van der Waals surface area contributed by atoms with Gasteiger partial charge < -0.3 is 4.90 Å². The third-order valence-electron chi connectivity index (χ3n) is 4.18. The van der Waals surface area contributed by atoms with Crippen LogP contribution in [-0.2, 0) is 4.79 Å². The number of hydrogen-bond donors (Lipinski definition) is 0. The summed E-state index contributed by atoms with van der Waals surface area (Å²) in [7, 11) is 0. The molecule has 0 aliphatic carbocycles. The van der Waals surface area contributed by atoms with Crippen LogP contribution >= 0.6 is 0 Å². The van der Waals surface area contributed by atoms with Crippen LogP contribution in [0, 0.1) is 11.3 Å². The predicted octanol–water partition coefficient (Wildman–Crippen LogP) is 2.82. The van der Waals surface area contributed by atoms with Crippen LogP contribution in [0.5, 0.6) is 0 Å². The number of carbonyl (C=O) groups excluding carboxylic acids is 1. The van der Waals surface area contributed by atoms with Gasteiger partial charge in [-0.2, -0.15) is 0 Å². The van der Waals surface area contributed by atoms with E-state index >= 15 is 0 Å². The molecule has 1 amide bonds. The first-order chi connectivity index (χ1) is 6.98. The molecule has 0 saturated carbocycles. The zero-order valence-corrected chi connectivity index (χ0v) is 10.3. The van der Waals surface area contributed by atoms with Gasteiger partial charge >= 0.3 is 0 Å². The van der Waals surface area contributed by atoms with E-state index in [4.69, 9.17) is 0 Å². The first-order valence-corrected chi connectivity index (χ1v) is 6.28. The highest BCUT2D eigenvalue weighted by molar-refractivity contribution is 5.77. The SMILES string of the molecule is CC(C)(C)C1CC[C@H]2CCCC(=O)N2C1. The molecule has 0 aromatic rings. The van der Waals surface area contributed by atoms with Crippen LogP contribution in [0.15, 0.2) is 0 Å². The van der Waals surface area contributed by atoms with Gasteiger partial charge in [-0.1, -0.05) is 20.8 Å². The predicted molar refractivity (Wildman–Crippen MR) is 61.5 cm³/mol. The van der Waals surface area contributed by atoms with E-state index in [2.05, 4.69) is 25.7 Å². The Morgan fingerprint density at radius 1 is 1.20 bits per heavy atom. The summed E-state index contributed by atoms with van der Waals surface area (Å²) in [6, 6.07) is 0.574. The molecule has 2 fully saturated rings. The summed E-state index contributed by atoms with van der Waals surface area (Å²) in [5, 5.41) is 0. The molecule has 2 rings (SSSR count). The van der Waals surface area contributed by atoms with Crippen molar-refractivity contribution in [2.24, 2.45) is 11.3 Å². The van der Waals surface area contributed by atoms with Crippen molar-refractivity contribution < 1.29 is 4.79 Å². The topological polar surface area (TPSA) is 20.3 Å². The summed E-state index contributed by atoms with van der Waals surface area (Å²) in [5.41, 5.74) is 0.350. The van der Waals surface area contributed by atoms with Gasteiger partial charge in [0.2, 0.25) is 5.91 Å². The molecular weight excluding hydrogens is 186 g/mol. The lowest BCUT2D eigenvalue weighted by Crippen LogP contribution is -2.51. The number of fused-ring (bicyclic) bond motifs is 1. The average molecular weight is 209 g/mol. The van der Waals surface area contributed by atoms with Crippen LogP contribution in [-0.4, -0.2) is 23.4 Å². The molecule has 0 bridgehead atoms. The molecule has 2 nitrogen and oxygen atoms in total. The van der Waals surface area contributed by atoms with E-state index < -0.39 is 0 Å². The molecule has 2 aliphatic heterocycles. The van der Waals surface area contributed by atoms with Gasteiger partial charge in [0.05, 0.1) is 0 Å². The second-order valence-electron chi connectivity index (χ2n) is 6.23. The smallest absolute Gasteiger partial charge is 0.222 e. The average Bonchev–Trinajstić information content (AvgIpc) is 2.16. The van der Waals surface area contributed by atoms with Crippen molar-refractivity contribution in [3.05, 3.63) is 0 Å². The minimum atomic E-state index is 0.350. The summed E-state index contributed by atoms with van der Waals surface area (Å²) >= 11 is 0. The molecule has 0 radical (unpaired) electrons. The van der Waals surface area contributed by atoms with Crippen molar-refractivity contribution in [1.29, 1.82) is 0 Å².